The Morgan fingerprint density at radius 2 is 0.897 bits per heavy atom. The molecule has 0 unspecified atom stereocenters. The van der Waals surface area contributed by atoms with Gasteiger partial charge in [0.1, 0.15) is 11.5 Å². The standard InChI is InChI=1S/C56H62O2/c1-9-11-13-15-27-57-46-23-18-37(19-24-46)48-35-42-31-45(56(6,7)8)32-43-36-49(38-20-25-47(26-21-38)58-28-16-14-12-10-2)53-50-33-39-17-22-44(55(3,4)5)30-40(39)29-41(50)34-51(48)54(53)52(42)43/h17-26,29-36H,9-16,27-28H2,1-8H3. The minimum atomic E-state index is -0.00543. The lowest BCUT2D eigenvalue weighted by atomic mass is 9.79. The molecule has 2 heteroatoms. The lowest BCUT2D eigenvalue weighted by Crippen LogP contribution is -2.11. The molecule has 298 valence electrons. The number of unbranched alkanes of at least 4 members (excludes halogenated alkanes) is 6. The summed E-state index contributed by atoms with van der Waals surface area (Å²) in [6.45, 7) is 19.9. The Bertz CT molecular complexity index is 2670. The number of benzene rings is 8. The molecule has 0 spiro atoms. The summed E-state index contributed by atoms with van der Waals surface area (Å²) < 4.78 is 12.5. The highest BCUT2D eigenvalue weighted by Crippen LogP contribution is 2.49. The van der Waals surface area contributed by atoms with Crippen molar-refractivity contribution in [3.63, 3.8) is 0 Å². The van der Waals surface area contributed by atoms with Crippen molar-refractivity contribution in [2.75, 3.05) is 13.2 Å². The van der Waals surface area contributed by atoms with Gasteiger partial charge in [-0.2, -0.15) is 0 Å². The third kappa shape index (κ3) is 8.00. The average molecular weight is 767 g/mol. The Morgan fingerprint density at radius 1 is 0.379 bits per heavy atom. The van der Waals surface area contributed by atoms with Gasteiger partial charge in [0.2, 0.25) is 0 Å². The van der Waals surface area contributed by atoms with Crippen molar-refractivity contribution in [2.45, 2.75) is 118 Å². The molecule has 0 atom stereocenters. The van der Waals surface area contributed by atoms with E-state index in [1.807, 2.05) is 0 Å². The van der Waals surface area contributed by atoms with Crippen molar-refractivity contribution in [3.8, 4) is 33.8 Å². The zero-order valence-electron chi connectivity index (χ0n) is 36.3. The van der Waals surface area contributed by atoms with Gasteiger partial charge in [-0.15, -0.1) is 0 Å². The Labute approximate surface area is 346 Å². The molecule has 8 rings (SSSR count). The zero-order valence-corrected chi connectivity index (χ0v) is 36.3. The van der Waals surface area contributed by atoms with Gasteiger partial charge in [0.25, 0.3) is 0 Å². The highest BCUT2D eigenvalue weighted by atomic mass is 16.5. The maximum Gasteiger partial charge on any atom is 0.119 e. The van der Waals surface area contributed by atoms with Gasteiger partial charge in [0, 0.05) is 0 Å². The second kappa shape index (κ2) is 16.3. The predicted molar refractivity (Wildman–Crippen MR) is 253 cm³/mol. The van der Waals surface area contributed by atoms with E-state index in [9.17, 15) is 0 Å². The van der Waals surface area contributed by atoms with Gasteiger partial charge >= 0.3 is 0 Å². The highest BCUT2D eigenvalue weighted by Gasteiger charge is 2.23. The van der Waals surface area contributed by atoms with Crippen LogP contribution >= 0.6 is 0 Å². The van der Waals surface area contributed by atoms with Gasteiger partial charge in [-0.3, -0.25) is 0 Å². The largest absolute Gasteiger partial charge is 0.494 e. The first-order valence-corrected chi connectivity index (χ1v) is 22.1. The fraction of sp³-hybridized carbons (Fsp3) is 0.357. The lowest BCUT2D eigenvalue weighted by molar-refractivity contribution is 0.305. The van der Waals surface area contributed by atoms with Crippen LogP contribution in [0.5, 0.6) is 11.5 Å². The molecule has 0 saturated heterocycles. The first-order valence-electron chi connectivity index (χ1n) is 22.1. The minimum Gasteiger partial charge on any atom is -0.494 e. The molecule has 0 N–H and O–H groups in total. The maximum absolute atomic E-state index is 6.24. The summed E-state index contributed by atoms with van der Waals surface area (Å²) in [4.78, 5) is 0. The molecule has 0 heterocycles. The monoisotopic (exact) mass is 766 g/mol. The number of fused-ring (bicyclic) bond motifs is 3. The Hall–Kier alpha value is -5.08. The van der Waals surface area contributed by atoms with Gasteiger partial charge in [0.15, 0.2) is 0 Å². The zero-order chi connectivity index (χ0) is 40.6. The quantitative estimate of drug-likeness (QED) is 0.0623. The van der Waals surface area contributed by atoms with Crippen molar-refractivity contribution in [2.24, 2.45) is 0 Å². The molecule has 58 heavy (non-hydrogen) atoms. The second-order valence-corrected chi connectivity index (χ2v) is 18.8. The molecule has 8 aromatic carbocycles. The second-order valence-electron chi connectivity index (χ2n) is 18.8. The third-order valence-electron chi connectivity index (χ3n) is 12.3. The van der Waals surface area contributed by atoms with Crippen LogP contribution in [0.3, 0.4) is 0 Å². The molecule has 0 bridgehead atoms. The van der Waals surface area contributed by atoms with Gasteiger partial charge in [-0.05, 0) is 166 Å². The summed E-state index contributed by atoms with van der Waals surface area (Å²) in [5.74, 6) is 1.88. The van der Waals surface area contributed by atoms with E-state index < -0.39 is 0 Å². The van der Waals surface area contributed by atoms with Crippen molar-refractivity contribution in [3.05, 3.63) is 120 Å². The van der Waals surface area contributed by atoms with Crippen molar-refractivity contribution >= 4 is 53.9 Å². The molecule has 0 amide bonds. The fourth-order valence-corrected chi connectivity index (χ4v) is 8.83. The number of hydrogen-bond acceptors (Lipinski definition) is 2. The summed E-state index contributed by atoms with van der Waals surface area (Å²) >= 11 is 0. The van der Waals surface area contributed by atoms with Crippen LogP contribution in [0.1, 0.15) is 118 Å². The van der Waals surface area contributed by atoms with Crippen LogP contribution < -0.4 is 9.47 Å². The highest BCUT2D eigenvalue weighted by molar-refractivity contribution is 6.35. The summed E-state index contributed by atoms with van der Waals surface area (Å²) in [7, 11) is 0. The molecule has 0 fully saturated rings. The van der Waals surface area contributed by atoms with Crippen LogP contribution in [0.2, 0.25) is 0 Å². The van der Waals surface area contributed by atoms with E-state index in [4.69, 9.17) is 9.47 Å². The molecule has 0 aromatic heterocycles. The molecule has 2 nitrogen and oxygen atoms in total. The summed E-state index contributed by atoms with van der Waals surface area (Å²) in [6.07, 6.45) is 9.60. The average Bonchev–Trinajstić information content (AvgIpc) is 3.20. The normalized spacial score (nSPS) is 12.5. The van der Waals surface area contributed by atoms with Crippen LogP contribution in [-0.4, -0.2) is 13.2 Å². The van der Waals surface area contributed by atoms with Gasteiger partial charge in [-0.1, -0.05) is 149 Å². The lowest BCUT2D eigenvalue weighted by Gasteiger charge is -2.24. The predicted octanol–water partition coefficient (Wildman–Crippen LogP) is 16.7. The van der Waals surface area contributed by atoms with E-state index in [1.165, 1.54) is 126 Å². The molecular weight excluding hydrogens is 705 g/mol. The molecule has 0 aliphatic carbocycles. The Kier molecular flexibility index (Phi) is 11.2. The van der Waals surface area contributed by atoms with Gasteiger partial charge in [0.05, 0.1) is 13.2 Å². The molecule has 0 radical (unpaired) electrons. The summed E-state index contributed by atoms with van der Waals surface area (Å²) in [5, 5.41) is 13.0. The van der Waals surface area contributed by atoms with Crippen LogP contribution in [0.4, 0.5) is 0 Å². The third-order valence-corrected chi connectivity index (χ3v) is 12.3. The smallest absolute Gasteiger partial charge is 0.119 e. The fourth-order valence-electron chi connectivity index (χ4n) is 8.83. The van der Waals surface area contributed by atoms with E-state index in [-0.39, 0.29) is 10.8 Å². The first kappa shape index (κ1) is 39.7. The SMILES string of the molecule is CCCCCCOc1ccc(-c2cc3cc(C(C)(C)C)cc4cc(-c5ccc(OCCCCCC)cc5)c5c6cc7ccc(C(C)(C)C)cc7cc6cc2c5c34)cc1. The number of ether oxygens (including phenoxy) is 2. The van der Waals surface area contributed by atoms with E-state index in [0.717, 1.165) is 37.6 Å². The van der Waals surface area contributed by atoms with Crippen LogP contribution in [-0.2, 0) is 10.8 Å². The van der Waals surface area contributed by atoms with Crippen molar-refractivity contribution in [1.82, 2.24) is 0 Å². The van der Waals surface area contributed by atoms with Crippen LogP contribution in [0.25, 0.3) is 76.1 Å². The van der Waals surface area contributed by atoms with E-state index in [2.05, 4.69) is 165 Å². The van der Waals surface area contributed by atoms with Crippen LogP contribution in [0.15, 0.2) is 109 Å². The molecule has 8 aromatic rings. The Morgan fingerprint density at radius 3 is 1.45 bits per heavy atom. The number of rotatable bonds is 14. The Balaban J connectivity index is 1.38. The van der Waals surface area contributed by atoms with Crippen molar-refractivity contribution in [1.29, 1.82) is 0 Å². The van der Waals surface area contributed by atoms with Crippen LogP contribution in [0, 0.1) is 0 Å². The number of hydrogen-bond donors (Lipinski definition) is 0. The van der Waals surface area contributed by atoms with E-state index >= 15 is 0 Å². The maximum atomic E-state index is 6.24. The first-order chi connectivity index (χ1) is 27.9. The molecule has 0 saturated carbocycles. The van der Waals surface area contributed by atoms with Crippen molar-refractivity contribution < 1.29 is 9.47 Å². The van der Waals surface area contributed by atoms with Gasteiger partial charge in [-0.25, -0.2) is 0 Å². The summed E-state index contributed by atoms with van der Waals surface area (Å²) in [5.41, 5.74) is 7.71. The van der Waals surface area contributed by atoms with Gasteiger partial charge < -0.3 is 9.47 Å². The van der Waals surface area contributed by atoms with E-state index in [0.29, 0.717) is 0 Å². The molecule has 0 aliphatic heterocycles. The summed E-state index contributed by atoms with van der Waals surface area (Å²) in [6, 6.07) is 42.0. The topological polar surface area (TPSA) is 18.5 Å². The molecular formula is C56H62O2. The van der Waals surface area contributed by atoms with E-state index in [1.54, 1.807) is 0 Å². The minimum absolute atomic E-state index is 0.00543. The molecule has 0 aliphatic rings.